The third-order valence-electron chi connectivity index (χ3n) is 2.94. The van der Waals surface area contributed by atoms with Crippen molar-refractivity contribution in [2.24, 2.45) is 0 Å². The normalized spacial score (nSPS) is 19.1. The average Bonchev–Trinajstić information content (AvgIpc) is 2.78. The Hall–Kier alpha value is -1.72. The van der Waals surface area contributed by atoms with Crippen LogP contribution in [0.3, 0.4) is 0 Å². The van der Waals surface area contributed by atoms with Gasteiger partial charge in [-0.25, -0.2) is 18.7 Å². The number of aromatic amines is 1. The largest absolute Gasteiger partial charge is 0.350 e. The molecule has 0 aliphatic carbocycles. The molecule has 6 heteroatoms. The van der Waals surface area contributed by atoms with Crippen LogP contribution in [0.25, 0.3) is 11.2 Å². The molecule has 1 saturated heterocycles. The van der Waals surface area contributed by atoms with Crippen LogP contribution in [0.2, 0.25) is 0 Å². The lowest BCUT2D eigenvalue weighted by Crippen LogP contribution is -2.25. The second-order valence-electron chi connectivity index (χ2n) is 4.39. The van der Waals surface area contributed by atoms with Gasteiger partial charge < -0.3 is 9.88 Å². The van der Waals surface area contributed by atoms with E-state index in [1.165, 1.54) is 0 Å². The van der Waals surface area contributed by atoms with Gasteiger partial charge in [0.15, 0.2) is 5.65 Å². The predicted molar refractivity (Wildman–Crippen MR) is 60.4 cm³/mol. The van der Waals surface area contributed by atoms with E-state index in [1.807, 2.05) is 6.92 Å². The molecule has 1 fully saturated rings. The van der Waals surface area contributed by atoms with E-state index in [-0.39, 0.29) is 13.0 Å². The fraction of sp³-hybridized carbons (Fsp3) is 0.455. The van der Waals surface area contributed by atoms with E-state index in [0.717, 1.165) is 11.3 Å². The molecule has 0 unspecified atom stereocenters. The standard InChI is InChI=1S/C11H12F2N4/c1-7-14-8-2-3-9(16-10(8)15-7)17-5-4-11(12,13)6-17/h2-3H,4-6H2,1H3,(H,14,15,16). The molecule has 17 heavy (non-hydrogen) atoms. The number of nitrogens with one attached hydrogen (secondary N) is 1. The van der Waals surface area contributed by atoms with Gasteiger partial charge >= 0.3 is 0 Å². The average molecular weight is 238 g/mol. The van der Waals surface area contributed by atoms with Gasteiger partial charge in [-0.1, -0.05) is 0 Å². The maximum absolute atomic E-state index is 13.1. The van der Waals surface area contributed by atoms with Crippen LogP contribution < -0.4 is 4.90 Å². The fourth-order valence-electron chi connectivity index (χ4n) is 2.11. The molecular weight excluding hydrogens is 226 g/mol. The van der Waals surface area contributed by atoms with Gasteiger partial charge in [-0.3, -0.25) is 0 Å². The third kappa shape index (κ3) is 1.83. The Balaban J connectivity index is 1.96. The zero-order valence-corrected chi connectivity index (χ0v) is 9.37. The number of rotatable bonds is 1. The molecule has 1 N–H and O–H groups in total. The maximum atomic E-state index is 13.1. The summed E-state index contributed by atoms with van der Waals surface area (Å²) in [5.41, 5.74) is 1.41. The van der Waals surface area contributed by atoms with Crippen molar-refractivity contribution in [2.45, 2.75) is 19.3 Å². The highest BCUT2D eigenvalue weighted by Gasteiger charge is 2.38. The van der Waals surface area contributed by atoms with Crippen molar-refractivity contribution >= 4 is 17.0 Å². The topological polar surface area (TPSA) is 44.8 Å². The van der Waals surface area contributed by atoms with Gasteiger partial charge in [0.1, 0.15) is 17.2 Å². The first-order chi connectivity index (χ1) is 8.03. The van der Waals surface area contributed by atoms with Crippen LogP contribution in [0.4, 0.5) is 14.6 Å². The lowest BCUT2D eigenvalue weighted by molar-refractivity contribution is 0.0257. The van der Waals surface area contributed by atoms with E-state index in [1.54, 1.807) is 17.0 Å². The molecule has 4 nitrogen and oxygen atoms in total. The van der Waals surface area contributed by atoms with Crippen molar-refractivity contribution in [3.63, 3.8) is 0 Å². The van der Waals surface area contributed by atoms with Crippen molar-refractivity contribution in [1.29, 1.82) is 0 Å². The van der Waals surface area contributed by atoms with Crippen molar-refractivity contribution in [1.82, 2.24) is 15.0 Å². The molecule has 0 amide bonds. The third-order valence-corrected chi connectivity index (χ3v) is 2.94. The van der Waals surface area contributed by atoms with Crippen molar-refractivity contribution in [3.8, 4) is 0 Å². The van der Waals surface area contributed by atoms with Crippen LogP contribution in [-0.2, 0) is 0 Å². The Labute approximate surface area is 96.7 Å². The van der Waals surface area contributed by atoms with Crippen LogP contribution in [0, 0.1) is 6.92 Å². The highest BCUT2D eigenvalue weighted by Crippen LogP contribution is 2.30. The summed E-state index contributed by atoms with van der Waals surface area (Å²) in [6.07, 6.45) is -0.102. The second-order valence-corrected chi connectivity index (χ2v) is 4.39. The molecule has 0 aromatic carbocycles. The number of H-pyrrole nitrogens is 1. The molecule has 1 aliphatic heterocycles. The van der Waals surface area contributed by atoms with E-state index < -0.39 is 5.92 Å². The molecule has 1 aliphatic rings. The first-order valence-corrected chi connectivity index (χ1v) is 5.50. The van der Waals surface area contributed by atoms with E-state index >= 15 is 0 Å². The Kier molecular flexibility index (Phi) is 2.08. The number of anilines is 1. The number of nitrogens with zero attached hydrogens (tertiary/aromatic N) is 3. The molecule has 0 bridgehead atoms. The summed E-state index contributed by atoms with van der Waals surface area (Å²) in [5, 5.41) is 0. The van der Waals surface area contributed by atoms with Gasteiger partial charge in [0, 0.05) is 13.0 Å². The molecule has 2 aromatic rings. The quantitative estimate of drug-likeness (QED) is 0.827. The summed E-state index contributed by atoms with van der Waals surface area (Å²) < 4.78 is 26.2. The van der Waals surface area contributed by atoms with Gasteiger partial charge in [-0.15, -0.1) is 0 Å². The fourth-order valence-corrected chi connectivity index (χ4v) is 2.11. The number of halogens is 2. The Bertz CT molecular complexity index is 564. The number of hydrogen-bond acceptors (Lipinski definition) is 3. The lowest BCUT2D eigenvalue weighted by atomic mass is 10.3. The zero-order chi connectivity index (χ0) is 12.0. The highest BCUT2D eigenvalue weighted by molar-refractivity contribution is 5.73. The SMILES string of the molecule is Cc1nc2ccc(N3CCC(F)(F)C3)nc2[nH]1. The highest BCUT2D eigenvalue weighted by atomic mass is 19.3. The number of fused-ring (bicyclic) bond motifs is 1. The van der Waals surface area contributed by atoms with Gasteiger partial charge in [0.2, 0.25) is 0 Å². The minimum Gasteiger partial charge on any atom is -0.350 e. The van der Waals surface area contributed by atoms with Crippen LogP contribution in [-0.4, -0.2) is 34.0 Å². The second kappa shape index (κ2) is 3.38. The first-order valence-electron chi connectivity index (χ1n) is 5.50. The smallest absolute Gasteiger partial charge is 0.266 e. The molecule has 3 rings (SSSR count). The molecule has 0 radical (unpaired) electrons. The van der Waals surface area contributed by atoms with Crippen molar-refractivity contribution in [3.05, 3.63) is 18.0 Å². The number of aryl methyl sites for hydroxylation is 1. The van der Waals surface area contributed by atoms with Crippen LogP contribution in [0.1, 0.15) is 12.2 Å². The Morgan fingerprint density at radius 1 is 1.35 bits per heavy atom. The van der Waals surface area contributed by atoms with Gasteiger partial charge in [0.25, 0.3) is 5.92 Å². The van der Waals surface area contributed by atoms with Crippen LogP contribution in [0.5, 0.6) is 0 Å². The lowest BCUT2D eigenvalue weighted by Gasteiger charge is -2.16. The van der Waals surface area contributed by atoms with Crippen LogP contribution >= 0.6 is 0 Å². The summed E-state index contributed by atoms with van der Waals surface area (Å²) in [4.78, 5) is 13.2. The molecule has 90 valence electrons. The van der Waals surface area contributed by atoms with E-state index in [0.29, 0.717) is 18.0 Å². The molecule has 0 saturated carbocycles. The number of pyridine rings is 1. The van der Waals surface area contributed by atoms with E-state index in [4.69, 9.17) is 0 Å². The van der Waals surface area contributed by atoms with Gasteiger partial charge in [0.05, 0.1) is 6.54 Å². The molecule has 0 spiro atoms. The zero-order valence-electron chi connectivity index (χ0n) is 9.37. The monoisotopic (exact) mass is 238 g/mol. The molecule has 2 aromatic heterocycles. The number of imidazole rings is 1. The molecular formula is C11H12F2N4. The van der Waals surface area contributed by atoms with Crippen LogP contribution in [0.15, 0.2) is 12.1 Å². The predicted octanol–water partition coefficient (Wildman–Crippen LogP) is 2.11. The molecule has 0 atom stereocenters. The van der Waals surface area contributed by atoms with Gasteiger partial charge in [-0.05, 0) is 19.1 Å². The molecule has 3 heterocycles. The summed E-state index contributed by atoms with van der Waals surface area (Å²) in [6.45, 7) is 1.93. The van der Waals surface area contributed by atoms with E-state index in [2.05, 4.69) is 15.0 Å². The number of alkyl halides is 2. The van der Waals surface area contributed by atoms with E-state index in [9.17, 15) is 8.78 Å². The minimum atomic E-state index is -2.60. The Morgan fingerprint density at radius 3 is 2.88 bits per heavy atom. The number of hydrogen-bond donors (Lipinski definition) is 1. The summed E-state index contributed by atoms with van der Waals surface area (Å²) in [7, 11) is 0. The minimum absolute atomic E-state index is 0.102. The summed E-state index contributed by atoms with van der Waals surface area (Å²) in [5.74, 6) is -1.24. The Morgan fingerprint density at radius 2 is 2.18 bits per heavy atom. The summed E-state index contributed by atoms with van der Waals surface area (Å²) >= 11 is 0. The summed E-state index contributed by atoms with van der Waals surface area (Å²) in [6, 6.07) is 3.54. The van der Waals surface area contributed by atoms with Gasteiger partial charge in [-0.2, -0.15) is 0 Å². The first kappa shape index (κ1) is 10.4. The van der Waals surface area contributed by atoms with Crippen molar-refractivity contribution < 1.29 is 8.78 Å². The number of aromatic nitrogens is 3. The maximum Gasteiger partial charge on any atom is 0.266 e. The van der Waals surface area contributed by atoms with Crippen molar-refractivity contribution in [2.75, 3.05) is 18.0 Å².